The molecule has 23 heavy (non-hydrogen) atoms. The number of pyridine rings is 1. The van der Waals surface area contributed by atoms with Gasteiger partial charge in [0, 0.05) is 36.9 Å². The number of ether oxygens (including phenoxy) is 1. The van der Waals surface area contributed by atoms with Gasteiger partial charge in [-0.15, -0.1) is 0 Å². The minimum Gasteiger partial charge on any atom is -0.374 e. The van der Waals surface area contributed by atoms with Crippen LogP contribution in [0, 0.1) is 0 Å². The van der Waals surface area contributed by atoms with Crippen molar-refractivity contribution in [2.75, 3.05) is 24.6 Å². The van der Waals surface area contributed by atoms with Gasteiger partial charge in [0.05, 0.1) is 24.8 Å². The molecule has 0 aromatic carbocycles. The highest BCUT2D eigenvalue weighted by Gasteiger charge is 2.37. The first-order chi connectivity index (χ1) is 10.8. The summed E-state index contributed by atoms with van der Waals surface area (Å²) in [4.78, 5) is 8.66. The summed E-state index contributed by atoms with van der Waals surface area (Å²) in [7, 11) is 0. The summed E-state index contributed by atoms with van der Waals surface area (Å²) in [6, 6.07) is 2.04. The Balaban J connectivity index is 1.92. The number of hydrogen-bond donors (Lipinski definition) is 0. The molecule has 7 heteroatoms. The summed E-state index contributed by atoms with van der Waals surface area (Å²) in [5.74, 6) is 0.635. The number of fused-ring (bicyclic) bond motifs is 3. The predicted molar refractivity (Wildman–Crippen MR) is 81.3 cm³/mol. The number of hydrogen-bond acceptors (Lipinski definition) is 4. The van der Waals surface area contributed by atoms with E-state index in [1.807, 2.05) is 0 Å². The van der Waals surface area contributed by atoms with Crippen molar-refractivity contribution in [1.82, 2.24) is 9.88 Å². The second kappa shape index (κ2) is 5.94. The van der Waals surface area contributed by atoms with Gasteiger partial charge >= 0.3 is 6.18 Å². The van der Waals surface area contributed by atoms with Gasteiger partial charge in [-0.25, -0.2) is 4.98 Å². The normalized spacial score (nSPS) is 26.0. The quantitative estimate of drug-likeness (QED) is 0.792. The predicted octanol–water partition coefficient (Wildman–Crippen LogP) is 2.92. The monoisotopic (exact) mass is 329 g/mol. The Morgan fingerprint density at radius 1 is 1.30 bits per heavy atom. The van der Waals surface area contributed by atoms with Crippen molar-refractivity contribution < 1.29 is 17.9 Å². The molecule has 1 aromatic rings. The lowest BCUT2D eigenvalue weighted by Crippen LogP contribution is -2.60. The topological polar surface area (TPSA) is 28.6 Å². The number of rotatable bonds is 1. The van der Waals surface area contributed by atoms with Crippen LogP contribution in [0.15, 0.2) is 12.3 Å². The zero-order valence-corrected chi connectivity index (χ0v) is 13.6. The van der Waals surface area contributed by atoms with Gasteiger partial charge in [-0.1, -0.05) is 0 Å². The maximum atomic E-state index is 12.9. The SMILES string of the molecule is CC(C)N1C[C@@H]2COCc3cc(C(F)(F)F)cnc3N2C[C@H]1C. The molecule has 2 atom stereocenters. The molecular weight excluding hydrogens is 307 g/mol. The summed E-state index contributed by atoms with van der Waals surface area (Å²) in [5.41, 5.74) is -0.195. The molecule has 4 nitrogen and oxygen atoms in total. The fourth-order valence-electron chi connectivity index (χ4n) is 3.51. The summed E-state index contributed by atoms with van der Waals surface area (Å²) in [6.07, 6.45) is -3.45. The molecule has 0 saturated carbocycles. The molecule has 1 aromatic heterocycles. The summed E-state index contributed by atoms with van der Waals surface area (Å²) >= 11 is 0. The summed E-state index contributed by atoms with van der Waals surface area (Å²) < 4.78 is 44.3. The van der Waals surface area contributed by atoms with Crippen LogP contribution in [0.4, 0.5) is 19.0 Å². The lowest BCUT2D eigenvalue weighted by molar-refractivity contribution is -0.137. The molecule has 3 rings (SSSR count). The number of aromatic nitrogens is 1. The number of nitrogens with zero attached hydrogens (tertiary/aromatic N) is 3. The highest BCUT2D eigenvalue weighted by molar-refractivity contribution is 5.51. The summed E-state index contributed by atoms with van der Waals surface area (Å²) in [5, 5.41) is 0. The molecule has 1 fully saturated rings. The van der Waals surface area contributed by atoms with Crippen molar-refractivity contribution in [3.8, 4) is 0 Å². The van der Waals surface area contributed by atoms with E-state index in [9.17, 15) is 13.2 Å². The van der Waals surface area contributed by atoms with Gasteiger partial charge in [0.25, 0.3) is 0 Å². The first kappa shape index (κ1) is 16.5. The Labute approximate surface area is 134 Å². The van der Waals surface area contributed by atoms with Crippen LogP contribution in [-0.4, -0.2) is 47.7 Å². The maximum absolute atomic E-state index is 12.9. The van der Waals surface area contributed by atoms with Crippen LogP contribution in [0.3, 0.4) is 0 Å². The van der Waals surface area contributed by atoms with E-state index in [1.165, 1.54) is 6.07 Å². The molecule has 2 aliphatic rings. The molecule has 2 aliphatic heterocycles. The molecule has 0 N–H and O–H groups in total. The fourth-order valence-corrected chi connectivity index (χ4v) is 3.51. The van der Waals surface area contributed by atoms with Crippen LogP contribution in [0.2, 0.25) is 0 Å². The highest BCUT2D eigenvalue weighted by Crippen LogP contribution is 2.34. The highest BCUT2D eigenvalue weighted by atomic mass is 19.4. The van der Waals surface area contributed by atoms with Gasteiger partial charge in [-0.05, 0) is 26.8 Å². The summed E-state index contributed by atoms with van der Waals surface area (Å²) in [6.45, 7) is 8.73. The van der Waals surface area contributed by atoms with Crippen molar-refractivity contribution in [3.63, 3.8) is 0 Å². The van der Waals surface area contributed by atoms with Crippen molar-refractivity contribution >= 4 is 5.82 Å². The maximum Gasteiger partial charge on any atom is 0.417 e. The molecule has 0 amide bonds. The molecule has 0 unspecified atom stereocenters. The second-order valence-electron chi connectivity index (χ2n) is 6.67. The van der Waals surface area contributed by atoms with Crippen LogP contribution >= 0.6 is 0 Å². The third-order valence-electron chi connectivity index (χ3n) is 4.66. The molecule has 128 valence electrons. The fraction of sp³-hybridized carbons (Fsp3) is 0.688. The van der Waals surface area contributed by atoms with Gasteiger partial charge in [-0.2, -0.15) is 13.2 Å². The Hall–Kier alpha value is -1.34. The van der Waals surface area contributed by atoms with E-state index < -0.39 is 11.7 Å². The minimum absolute atomic E-state index is 0.124. The smallest absolute Gasteiger partial charge is 0.374 e. The third-order valence-corrected chi connectivity index (χ3v) is 4.66. The molecular formula is C16H22F3N3O. The molecule has 0 aliphatic carbocycles. The molecule has 0 radical (unpaired) electrons. The Kier molecular flexibility index (Phi) is 4.27. The van der Waals surface area contributed by atoms with Crippen LogP contribution in [-0.2, 0) is 17.5 Å². The van der Waals surface area contributed by atoms with Crippen molar-refractivity contribution in [3.05, 3.63) is 23.4 Å². The van der Waals surface area contributed by atoms with Crippen molar-refractivity contribution in [1.29, 1.82) is 0 Å². The molecule has 0 spiro atoms. The third kappa shape index (κ3) is 3.17. The Morgan fingerprint density at radius 3 is 2.70 bits per heavy atom. The lowest BCUT2D eigenvalue weighted by Gasteiger charge is -2.47. The second-order valence-corrected chi connectivity index (χ2v) is 6.67. The zero-order chi connectivity index (χ0) is 16.8. The van der Waals surface area contributed by atoms with Crippen LogP contribution < -0.4 is 4.90 Å². The van der Waals surface area contributed by atoms with Crippen molar-refractivity contribution in [2.24, 2.45) is 0 Å². The lowest BCUT2D eigenvalue weighted by atomic mass is 10.0. The standard InChI is InChI=1S/C16H22F3N3O/c1-10(2)21-7-14-9-23-8-12-4-13(16(17,18)19)5-20-15(12)22(14)6-11(21)3/h4-5,10-11,14H,6-9H2,1-3H3/t11-,14-/m1/s1. The number of halogens is 3. The first-order valence-corrected chi connectivity index (χ1v) is 7.93. The van der Waals surface area contributed by atoms with Gasteiger partial charge in [0.2, 0.25) is 0 Å². The van der Waals surface area contributed by atoms with Crippen LogP contribution in [0.25, 0.3) is 0 Å². The van der Waals surface area contributed by atoms with Crippen LogP contribution in [0.1, 0.15) is 31.9 Å². The number of piperazine rings is 1. The van der Waals surface area contributed by atoms with E-state index in [0.717, 1.165) is 19.3 Å². The van der Waals surface area contributed by atoms with Gasteiger partial charge in [-0.3, -0.25) is 4.90 Å². The van der Waals surface area contributed by atoms with E-state index in [2.05, 4.69) is 35.6 Å². The van der Waals surface area contributed by atoms with E-state index >= 15 is 0 Å². The molecule has 0 bridgehead atoms. The average molecular weight is 329 g/mol. The van der Waals surface area contributed by atoms with Crippen LogP contribution in [0.5, 0.6) is 0 Å². The average Bonchev–Trinajstić information content (AvgIpc) is 2.63. The minimum atomic E-state index is -4.38. The largest absolute Gasteiger partial charge is 0.417 e. The van der Waals surface area contributed by atoms with Gasteiger partial charge < -0.3 is 9.64 Å². The Bertz CT molecular complexity index is 576. The van der Waals surface area contributed by atoms with Gasteiger partial charge in [0.15, 0.2) is 0 Å². The number of alkyl halides is 3. The van der Waals surface area contributed by atoms with E-state index in [-0.39, 0.29) is 12.6 Å². The number of anilines is 1. The Morgan fingerprint density at radius 2 is 2.04 bits per heavy atom. The van der Waals surface area contributed by atoms with Crippen molar-refractivity contribution in [2.45, 2.75) is 51.7 Å². The van der Waals surface area contributed by atoms with Gasteiger partial charge in [0.1, 0.15) is 5.82 Å². The molecule has 1 saturated heterocycles. The zero-order valence-electron chi connectivity index (χ0n) is 13.6. The molecule has 3 heterocycles. The van der Waals surface area contributed by atoms with E-state index in [1.54, 1.807) is 0 Å². The first-order valence-electron chi connectivity index (χ1n) is 7.93. The van der Waals surface area contributed by atoms with E-state index in [0.29, 0.717) is 30.1 Å². The van der Waals surface area contributed by atoms with E-state index in [4.69, 9.17) is 4.74 Å².